The van der Waals surface area contributed by atoms with Gasteiger partial charge >= 0.3 is 6.18 Å². The van der Waals surface area contributed by atoms with Gasteiger partial charge in [-0.2, -0.15) is 18.3 Å². The molecule has 12 heteroatoms. The average Bonchev–Trinajstić information content (AvgIpc) is 3.46. The molecule has 0 saturated carbocycles. The van der Waals surface area contributed by atoms with Crippen LogP contribution >= 0.6 is 0 Å². The highest BCUT2D eigenvalue weighted by Gasteiger charge is 2.32. The Morgan fingerprint density at radius 1 is 1.11 bits per heavy atom. The number of aryl methyl sites for hydroxylation is 2. The number of alkyl halides is 3. The molecule has 196 valence electrons. The van der Waals surface area contributed by atoms with Crippen LogP contribution in [-0.2, 0) is 13.2 Å². The fourth-order valence-electron chi connectivity index (χ4n) is 4.06. The van der Waals surface area contributed by atoms with E-state index in [2.05, 4.69) is 26.4 Å². The molecule has 3 heterocycles. The standard InChI is InChI=1S/C25H29F3N8O/c1-6-35(7-2)20-10-18(25(26,27)28)9-19(11-20)31-24(37)17-8-23(15(3)29-12-17)36-14-22(32-33-36)21-13-30-34(5)16(21)4/h8-14,32-33H,6-7H2,1-5H3,(H,31,37). The van der Waals surface area contributed by atoms with Crippen molar-refractivity contribution in [2.24, 2.45) is 7.05 Å². The molecule has 0 unspecified atom stereocenters. The van der Waals surface area contributed by atoms with Crippen molar-refractivity contribution in [1.82, 2.24) is 25.7 Å². The van der Waals surface area contributed by atoms with E-state index in [0.29, 0.717) is 30.2 Å². The van der Waals surface area contributed by atoms with Gasteiger partial charge in [-0.25, -0.2) is 0 Å². The zero-order chi connectivity index (χ0) is 26.9. The molecule has 9 nitrogen and oxygen atoms in total. The second-order valence-electron chi connectivity index (χ2n) is 8.64. The molecule has 1 aromatic carbocycles. The van der Waals surface area contributed by atoms with E-state index in [1.807, 2.05) is 34.0 Å². The van der Waals surface area contributed by atoms with Gasteiger partial charge in [0.1, 0.15) is 0 Å². The number of amides is 1. The topological polar surface area (TPSA) is 90.4 Å². The number of carbonyl (C=O) groups is 1. The molecule has 2 aromatic heterocycles. The highest BCUT2D eigenvalue weighted by atomic mass is 19.4. The largest absolute Gasteiger partial charge is 0.416 e. The van der Waals surface area contributed by atoms with Gasteiger partial charge in [-0.3, -0.25) is 19.5 Å². The molecule has 3 N–H and O–H groups in total. The van der Waals surface area contributed by atoms with Crippen molar-refractivity contribution < 1.29 is 18.0 Å². The lowest BCUT2D eigenvalue weighted by Crippen LogP contribution is -2.36. The highest BCUT2D eigenvalue weighted by molar-refractivity contribution is 6.05. The SMILES string of the molecule is CCN(CC)c1cc(NC(=O)c2cnc(C)c(N3C=C(c4cnn(C)c4C)NN3)c2)cc(C(F)(F)F)c1. The van der Waals surface area contributed by atoms with Crippen LogP contribution in [0.5, 0.6) is 0 Å². The Labute approximate surface area is 212 Å². The first-order valence-corrected chi connectivity index (χ1v) is 11.8. The van der Waals surface area contributed by atoms with Crippen molar-refractivity contribution in [2.45, 2.75) is 33.9 Å². The van der Waals surface area contributed by atoms with Crippen molar-refractivity contribution in [2.75, 3.05) is 28.3 Å². The first-order chi connectivity index (χ1) is 17.5. The van der Waals surface area contributed by atoms with Crippen LogP contribution in [-0.4, -0.2) is 33.8 Å². The number of nitrogens with one attached hydrogen (secondary N) is 3. The van der Waals surface area contributed by atoms with Crippen molar-refractivity contribution in [3.63, 3.8) is 0 Å². The summed E-state index contributed by atoms with van der Waals surface area (Å²) in [6.45, 7) is 8.52. The van der Waals surface area contributed by atoms with Crippen LogP contribution in [0.15, 0.2) is 42.9 Å². The number of hydrogen-bond donors (Lipinski definition) is 3. The van der Waals surface area contributed by atoms with E-state index in [1.54, 1.807) is 39.8 Å². The van der Waals surface area contributed by atoms with Crippen LogP contribution in [0.3, 0.4) is 0 Å². The summed E-state index contributed by atoms with van der Waals surface area (Å²) < 4.78 is 42.4. The second-order valence-corrected chi connectivity index (χ2v) is 8.64. The quantitative estimate of drug-likeness (QED) is 0.431. The normalized spacial score (nSPS) is 13.4. The fourth-order valence-corrected chi connectivity index (χ4v) is 4.06. The Hall–Kier alpha value is -4.06. The number of pyridine rings is 1. The minimum Gasteiger partial charge on any atom is -0.372 e. The molecule has 0 radical (unpaired) electrons. The number of anilines is 3. The number of hydrogen-bond acceptors (Lipinski definition) is 7. The molecule has 3 aromatic rings. The van der Waals surface area contributed by atoms with E-state index in [4.69, 9.17) is 0 Å². The summed E-state index contributed by atoms with van der Waals surface area (Å²) >= 11 is 0. The number of benzene rings is 1. The predicted molar refractivity (Wildman–Crippen MR) is 137 cm³/mol. The summed E-state index contributed by atoms with van der Waals surface area (Å²) in [5, 5.41) is 8.55. The average molecular weight is 515 g/mol. The first-order valence-electron chi connectivity index (χ1n) is 11.8. The molecule has 4 rings (SSSR count). The Morgan fingerprint density at radius 3 is 2.46 bits per heavy atom. The van der Waals surface area contributed by atoms with Crippen LogP contribution in [0.25, 0.3) is 5.70 Å². The van der Waals surface area contributed by atoms with Crippen molar-refractivity contribution >= 4 is 28.7 Å². The Balaban J connectivity index is 1.61. The maximum Gasteiger partial charge on any atom is 0.416 e. The van der Waals surface area contributed by atoms with Crippen LogP contribution in [0.4, 0.5) is 30.2 Å². The number of halogens is 3. The Morgan fingerprint density at radius 2 is 1.84 bits per heavy atom. The maximum atomic E-state index is 13.6. The maximum absolute atomic E-state index is 13.6. The lowest BCUT2D eigenvalue weighted by Gasteiger charge is -2.23. The molecule has 0 aliphatic carbocycles. The minimum atomic E-state index is -4.55. The molecule has 0 bridgehead atoms. The molecule has 1 aliphatic rings. The lowest BCUT2D eigenvalue weighted by atomic mass is 10.1. The van der Waals surface area contributed by atoms with E-state index < -0.39 is 17.6 Å². The second kappa shape index (κ2) is 10.1. The lowest BCUT2D eigenvalue weighted by molar-refractivity contribution is -0.137. The van der Waals surface area contributed by atoms with E-state index in [-0.39, 0.29) is 11.3 Å². The van der Waals surface area contributed by atoms with Crippen LogP contribution in [0, 0.1) is 13.8 Å². The highest BCUT2D eigenvalue weighted by Crippen LogP contribution is 2.35. The minimum absolute atomic E-state index is 0.0547. The molecular formula is C25H29F3N8O. The van der Waals surface area contributed by atoms with Gasteiger partial charge < -0.3 is 15.6 Å². The van der Waals surface area contributed by atoms with Gasteiger partial charge in [-0.15, -0.1) is 5.53 Å². The molecule has 0 fully saturated rings. The molecule has 0 saturated heterocycles. The number of hydrazine groups is 2. The van der Waals surface area contributed by atoms with Crippen LogP contribution < -0.4 is 26.2 Å². The van der Waals surface area contributed by atoms with Gasteiger partial charge in [0.25, 0.3) is 5.91 Å². The Bertz CT molecular complexity index is 1340. The molecule has 37 heavy (non-hydrogen) atoms. The van der Waals surface area contributed by atoms with Crippen molar-refractivity contribution in [3.05, 3.63) is 70.9 Å². The summed E-state index contributed by atoms with van der Waals surface area (Å²) in [6.07, 6.45) is 0.410. The van der Waals surface area contributed by atoms with Gasteiger partial charge in [0, 0.05) is 55.2 Å². The van der Waals surface area contributed by atoms with Crippen LogP contribution in [0.1, 0.15) is 46.7 Å². The number of carbonyl (C=O) groups excluding carboxylic acids is 1. The van der Waals surface area contributed by atoms with Gasteiger partial charge in [0.2, 0.25) is 0 Å². The molecule has 1 aliphatic heterocycles. The number of rotatable bonds is 7. The number of nitrogens with zero attached hydrogens (tertiary/aromatic N) is 5. The van der Waals surface area contributed by atoms with Gasteiger partial charge in [0.05, 0.1) is 34.4 Å². The first kappa shape index (κ1) is 26.0. The zero-order valence-corrected chi connectivity index (χ0v) is 21.2. The van der Waals surface area contributed by atoms with Gasteiger partial charge in [-0.1, -0.05) is 0 Å². The van der Waals surface area contributed by atoms with Crippen LogP contribution in [0.2, 0.25) is 0 Å². The van der Waals surface area contributed by atoms with E-state index in [1.165, 1.54) is 6.20 Å². The zero-order valence-electron chi connectivity index (χ0n) is 21.2. The van der Waals surface area contributed by atoms with E-state index in [9.17, 15) is 18.0 Å². The summed E-state index contributed by atoms with van der Waals surface area (Å²) in [4.78, 5) is 19.2. The summed E-state index contributed by atoms with van der Waals surface area (Å²) in [6, 6.07) is 5.19. The van der Waals surface area contributed by atoms with Crippen molar-refractivity contribution in [1.29, 1.82) is 0 Å². The molecule has 0 atom stereocenters. The Kier molecular flexibility index (Phi) is 7.12. The molecule has 0 spiro atoms. The molecule has 1 amide bonds. The van der Waals surface area contributed by atoms with E-state index in [0.717, 1.165) is 29.1 Å². The van der Waals surface area contributed by atoms with Crippen molar-refractivity contribution in [3.8, 4) is 0 Å². The third-order valence-electron chi connectivity index (χ3n) is 6.31. The van der Waals surface area contributed by atoms with E-state index >= 15 is 0 Å². The van der Waals surface area contributed by atoms with Gasteiger partial charge in [-0.05, 0) is 52.0 Å². The fraction of sp³-hybridized carbons (Fsp3) is 0.320. The third-order valence-corrected chi connectivity index (χ3v) is 6.31. The number of aromatic nitrogens is 3. The third kappa shape index (κ3) is 5.38. The molecular weight excluding hydrogens is 485 g/mol. The summed E-state index contributed by atoms with van der Waals surface area (Å²) in [5.74, 6) is -0.571. The smallest absolute Gasteiger partial charge is 0.372 e. The predicted octanol–water partition coefficient (Wildman–Crippen LogP) is 4.38. The summed E-state index contributed by atoms with van der Waals surface area (Å²) in [7, 11) is 1.85. The van der Waals surface area contributed by atoms with Gasteiger partial charge in [0.15, 0.2) is 0 Å². The monoisotopic (exact) mass is 514 g/mol. The summed E-state index contributed by atoms with van der Waals surface area (Å²) in [5.41, 5.74) is 9.82.